The summed E-state index contributed by atoms with van der Waals surface area (Å²) < 4.78 is 0. The Bertz CT molecular complexity index is 547. The second-order valence-electron chi connectivity index (χ2n) is 5.05. The number of carboxylic acids is 2. The Balaban J connectivity index is 2.57. The molecule has 0 radical (unpaired) electrons. The second-order valence-corrected chi connectivity index (χ2v) is 5.05. The third-order valence-corrected chi connectivity index (χ3v) is 4.18. The molecule has 4 nitrogen and oxygen atoms in total. The molecular weight excluding hydrogens is 232 g/mol. The van der Waals surface area contributed by atoms with Crippen LogP contribution in [0.2, 0.25) is 0 Å². The average molecular weight is 248 g/mol. The van der Waals surface area contributed by atoms with E-state index < -0.39 is 23.3 Å². The zero-order chi connectivity index (χ0) is 13.7. The van der Waals surface area contributed by atoms with Gasteiger partial charge in [0.1, 0.15) is 5.41 Å². The lowest BCUT2D eigenvalue weighted by Crippen LogP contribution is -2.26. The summed E-state index contributed by atoms with van der Waals surface area (Å²) in [6, 6.07) is 3.62. The largest absolute Gasteiger partial charge is 0.481 e. The number of benzene rings is 1. The van der Waals surface area contributed by atoms with Gasteiger partial charge in [0.2, 0.25) is 0 Å². The van der Waals surface area contributed by atoms with Crippen molar-refractivity contribution in [2.45, 2.75) is 32.6 Å². The Morgan fingerprint density at radius 1 is 1.17 bits per heavy atom. The molecule has 1 saturated carbocycles. The molecule has 18 heavy (non-hydrogen) atoms. The number of rotatable bonds is 3. The SMILES string of the molecule is Cc1ccc(C2(C(=O)O)CC2C(=O)O)c(C)c1C. The van der Waals surface area contributed by atoms with E-state index in [1.807, 2.05) is 26.8 Å². The molecule has 1 aliphatic rings. The van der Waals surface area contributed by atoms with Crippen molar-refractivity contribution in [2.24, 2.45) is 5.92 Å². The fraction of sp³-hybridized carbons (Fsp3) is 0.429. The van der Waals surface area contributed by atoms with E-state index in [2.05, 4.69) is 0 Å². The minimum atomic E-state index is -1.23. The number of carboxylic acid groups (broad SMARTS) is 2. The topological polar surface area (TPSA) is 74.6 Å². The number of aryl methyl sites for hydroxylation is 1. The summed E-state index contributed by atoms with van der Waals surface area (Å²) in [5.41, 5.74) is 2.43. The van der Waals surface area contributed by atoms with Gasteiger partial charge in [-0.1, -0.05) is 12.1 Å². The van der Waals surface area contributed by atoms with E-state index in [1.165, 1.54) is 0 Å². The van der Waals surface area contributed by atoms with E-state index in [9.17, 15) is 14.7 Å². The molecule has 2 N–H and O–H groups in total. The first-order valence-electron chi connectivity index (χ1n) is 5.86. The van der Waals surface area contributed by atoms with Crippen molar-refractivity contribution in [3.8, 4) is 0 Å². The van der Waals surface area contributed by atoms with E-state index in [4.69, 9.17) is 5.11 Å². The molecule has 1 aromatic rings. The molecule has 1 aromatic carbocycles. The first-order chi connectivity index (χ1) is 8.32. The maximum absolute atomic E-state index is 11.5. The summed E-state index contributed by atoms with van der Waals surface area (Å²) in [4.78, 5) is 22.5. The highest BCUT2D eigenvalue weighted by Gasteiger charge is 2.66. The van der Waals surface area contributed by atoms with Gasteiger partial charge in [0.05, 0.1) is 5.92 Å². The predicted molar refractivity (Wildman–Crippen MR) is 65.7 cm³/mol. The standard InChI is InChI=1S/C14H16O4/c1-7-4-5-10(9(3)8(7)2)14(13(17)18)6-11(14)12(15)16/h4-5,11H,6H2,1-3H3,(H,15,16)(H,17,18). The lowest BCUT2D eigenvalue weighted by atomic mass is 9.86. The maximum atomic E-state index is 11.5. The van der Waals surface area contributed by atoms with Gasteiger partial charge in [0, 0.05) is 0 Å². The van der Waals surface area contributed by atoms with Gasteiger partial charge in [-0.2, -0.15) is 0 Å². The molecule has 1 fully saturated rings. The number of aliphatic carboxylic acids is 2. The van der Waals surface area contributed by atoms with E-state index in [1.54, 1.807) is 6.07 Å². The number of hydrogen-bond acceptors (Lipinski definition) is 2. The van der Waals surface area contributed by atoms with E-state index >= 15 is 0 Å². The molecule has 0 bridgehead atoms. The highest BCUT2D eigenvalue weighted by atomic mass is 16.4. The number of hydrogen-bond donors (Lipinski definition) is 2. The molecule has 0 amide bonds. The van der Waals surface area contributed by atoms with Crippen molar-refractivity contribution in [2.75, 3.05) is 0 Å². The van der Waals surface area contributed by atoms with Crippen molar-refractivity contribution in [3.05, 3.63) is 34.4 Å². The first-order valence-corrected chi connectivity index (χ1v) is 5.86. The molecule has 0 spiro atoms. The molecule has 1 aliphatic carbocycles. The van der Waals surface area contributed by atoms with Crippen LogP contribution in [0.5, 0.6) is 0 Å². The van der Waals surface area contributed by atoms with Crippen LogP contribution in [0.15, 0.2) is 12.1 Å². The van der Waals surface area contributed by atoms with Gasteiger partial charge in [0.15, 0.2) is 0 Å². The molecular formula is C14H16O4. The Kier molecular flexibility index (Phi) is 2.69. The lowest BCUT2D eigenvalue weighted by Gasteiger charge is -2.17. The van der Waals surface area contributed by atoms with Gasteiger partial charge < -0.3 is 10.2 Å². The predicted octanol–water partition coefficient (Wildman–Crippen LogP) is 2.04. The van der Waals surface area contributed by atoms with Crippen LogP contribution in [0.4, 0.5) is 0 Å². The molecule has 0 aliphatic heterocycles. The first kappa shape index (κ1) is 12.6. The highest BCUT2D eigenvalue weighted by molar-refractivity contribution is 5.95. The van der Waals surface area contributed by atoms with Gasteiger partial charge in [-0.3, -0.25) is 9.59 Å². The monoisotopic (exact) mass is 248 g/mol. The van der Waals surface area contributed by atoms with Crippen molar-refractivity contribution in [1.29, 1.82) is 0 Å². The zero-order valence-electron chi connectivity index (χ0n) is 10.7. The van der Waals surface area contributed by atoms with Crippen LogP contribution < -0.4 is 0 Å². The third kappa shape index (κ3) is 1.52. The Hall–Kier alpha value is -1.84. The highest BCUT2D eigenvalue weighted by Crippen LogP contribution is 2.55. The molecule has 2 atom stereocenters. The smallest absolute Gasteiger partial charge is 0.315 e. The average Bonchev–Trinajstić information content (AvgIpc) is 3.03. The van der Waals surface area contributed by atoms with Gasteiger partial charge in [-0.15, -0.1) is 0 Å². The van der Waals surface area contributed by atoms with Crippen LogP contribution in [0.25, 0.3) is 0 Å². The summed E-state index contributed by atoms with van der Waals surface area (Å²) in [5, 5.41) is 18.4. The fourth-order valence-corrected chi connectivity index (χ4v) is 2.65. The molecule has 0 aromatic heterocycles. The summed E-state index contributed by atoms with van der Waals surface area (Å²) in [5.74, 6) is -2.88. The minimum Gasteiger partial charge on any atom is -0.481 e. The van der Waals surface area contributed by atoms with E-state index in [0.717, 1.165) is 16.7 Å². The molecule has 0 heterocycles. The normalized spacial score (nSPS) is 25.8. The number of carbonyl (C=O) groups is 2. The summed E-state index contributed by atoms with van der Waals surface area (Å²) >= 11 is 0. The molecule has 4 heteroatoms. The molecule has 96 valence electrons. The van der Waals surface area contributed by atoms with Crippen LogP contribution >= 0.6 is 0 Å². The van der Waals surface area contributed by atoms with Gasteiger partial charge in [-0.05, 0) is 49.4 Å². The van der Waals surface area contributed by atoms with Crippen LogP contribution in [-0.4, -0.2) is 22.2 Å². The van der Waals surface area contributed by atoms with Crippen LogP contribution in [0.3, 0.4) is 0 Å². The maximum Gasteiger partial charge on any atom is 0.315 e. The Labute approximate surface area is 105 Å². The van der Waals surface area contributed by atoms with Crippen LogP contribution in [0.1, 0.15) is 28.7 Å². The van der Waals surface area contributed by atoms with Crippen LogP contribution in [0, 0.1) is 26.7 Å². The second kappa shape index (κ2) is 3.83. The van der Waals surface area contributed by atoms with Crippen molar-refractivity contribution in [3.63, 3.8) is 0 Å². The molecule has 2 rings (SSSR count). The van der Waals surface area contributed by atoms with E-state index in [0.29, 0.717) is 5.56 Å². The van der Waals surface area contributed by atoms with Crippen LogP contribution in [-0.2, 0) is 15.0 Å². The quantitative estimate of drug-likeness (QED) is 0.858. The summed E-state index contributed by atoms with van der Waals surface area (Å²) in [6.07, 6.45) is 0.182. The van der Waals surface area contributed by atoms with Gasteiger partial charge >= 0.3 is 11.9 Å². The Morgan fingerprint density at radius 3 is 2.22 bits per heavy atom. The lowest BCUT2D eigenvalue weighted by molar-refractivity contribution is -0.145. The molecule has 0 saturated heterocycles. The fourth-order valence-electron chi connectivity index (χ4n) is 2.65. The third-order valence-electron chi connectivity index (χ3n) is 4.18. The summed E-state index contributed by atoms with van der Waals surface area (Å²) in [7, 11) is 0. The van der Waals surface area contributed by atoms with Gasteiger partial charge in [-0.25, -0.2) is 0 Å². The molecule has 2 unspecified atom stereocenters. The van der Waals surface area contributed by atoms with E-state index in [-0.39, 0.29) is 6.42 Å². The Morgan fingerprint density at radius 2 is 1.78 bits per heavy atom. The van der Waals surface area contributed by atoms with Crippen molar-refractivity contribution < 1.29 is 19.8 Å². The van der Waals surface area contributed by atoms with Gasteiger partial charge in [0.25, 0.3) is 0 Å². The zero-order valence-corrected chi connectivity index (χ0v) is 10.7. The minimum absolute atomic E-state index is 0.182. The summed E-state index contributed by atoms with van der Waals surface area (Å²) in [6.45, 7) is 5.75. The van der Waals surface area contributed by atoms with Crippen molar-refractivity contribution in [1.82, 2.24) is 0 Å². The van der Waals surface area contributed by atoms with Crippen molar-refractivity contribution >= 4 is 11.9 Å².